The fraction of sp³-hybridized carbons (Fsp3) is 0.524. The minimum atomic E-state index is -0.583. The molecule has 4 heterocycles. The lowest BCUT2D eigenvalue weighted by molar-refractivity contribution is 0.0971. The van der Waals surface area contributed by atoms with E-state index in [9.17, 15) is 5.11 Å². The second-order valence-corrected chi connectivity index (χ2v) is 9.16. The average Bonchev–Trinajstić information content (AvgIpc) is 3.24. The molecule has 2 fully saturated rings. The van der Waals surface area contributed by atoms with E-state index in [1.54, 1.807) is 6.33 Å². The summed E-state index contributed by atoms with van der Waals surface area (Å²) in [7, 11) is 0. The van der Waals surface area contributed by atoms with Crippen molar-refractivity contribution >= 4 is 33.7 Å². The van der Waals surface area contributed by atoms with Crippen molar-refractivity contribution in [2.75, 3.05) is 49.2 Å². The van der Waals surface area contributed by atoms with Crippen LogP contribution in [0, 0.1) is 12.8 Å². The third kappa shape index (κ3) is 3.84. The van der Waals surface area contributed by atoms with Gasteiger partial charge in [0.05, 0.1) is 18.7 Å². The summed E-state index contributed by atoms with van der Waals surface area (Å²) in [5.74, 6) is 1.06. The van der Waals surface area contributed by atoms with Gasteiger partial charge in [-0.3, -0.25) is 0 Å². The number of rotatable bonds is 4. The van der Waals surface area contributed by atoms with Crippen molar-refractivity contribution < 1.29 is 9.84 Å². The molecule has 9 heteroatoms. The molecule has 1 aromatic carbocycles. The number of aryl methyl sites for hydroxylation is 1. The van der Waals surface area contributed by atoms with Gasteiger partial charge in [-0.1, -0.05) is 11.3 Å². The Morgan fingerprint density at radius 2 is 2.00 bits per heavy atom. The molecule has 2 aromatic heterocycles. The Kier molecular flexibility index (Phi) is 5.49. The summed E-state index contributed by atoms with van der Waals surface area (Å²) < 4.78 is 5.47. The smallest absolute Gasteiger partial charge is 0.146 e. The molecular formula is C21H26N6O2S. The van der Waals surface area contributed by atoms with Gasteiger partial charge in [0.15, 0.2) is 0 Å². The number of aliphatic hydroxyl groups excluding tert-OH is 1. The van der Waals surface area contributed by atoms with Gasteiger partial charge in [-0.2, -0.15) is 0 Å². The van der Waals surface area contributed by atoms with Crippen molar-refractivity contribution in [3.05, 3.63) is 34.5 Å². The van der Waals surface area contributed by atoms with Gasteiger partial charge in [0.25, 0.3) is 0 Å². The van der Waals surface area contributed by atoms with Crippen LogP contribution in [0.4, 0.5) is 11.5 Å². The van der Waals surface area contributed by atoms with Crippen LogP contribution in [0.2, 0.25) is 0 Å². The lowest BCUT2D eigenvalue weighted by Gasteiger charge is -2.35. The number of hydrogen-bond acceptors (Lipinski definition) is 9. The first-order valence-electron chi connectivity index (χ1n) is 10.5. The Balaban J connectivity index is 1.39. The van der Waals surface area contributed by atoms with Gasteiger partial charge in [0.1, 0.15) is 28.3 Å². The number of morpholine rings is 1. The highest BCUT2D eigenvalue weighted by atomic mass is 32.1. The molecule has 5 rings (SSSR count). The number of aliphatic hydroxyl groups is 1. The molecule has 2 atom stereocenters. The highest BCUT2D eigenvalue weighted by molar-refractivity contribution is 7.11. The van der Waals surface area contributed by atoms with E-state index in [1.165, 1.54) is 17.0 Å². The molecule has 0 radical (unpaired) electrons. The number of nitrogens with zero attached hydrogens (tertiary/aromatic N) is 6. The number of fused-ring (bicyclic) bond motifs is 1. The maximum Gasteiger partial charge on any atom is 0.146 e. The van der Waals surface area contributed by atoms with Crippen LogP contribution in [0.15, 0.2) is 24.5 Å². The summed E-state index contributed by atoms with van der Waals surface area (Å²) in [4.78, 5) is 13.8. The SMILES string of the molecule is Cc1nnc(C(O)C2CCCN(c3ncnc4cc(N5CCOCC5)ccc34)C2)s1. The summed E-state index contributed by atoms with van der Waals surface area (Å²) >= 11 is 1.47. The van der Waals surface area contributed by atoms with Gasteiger partial charge >= 0.3 is 0 Å². The van der Waals surface area contributed by atoms with E-state index < -0.39 is 6.10 Å². The van der Waals surface area contributed by atoms with Crippen LogP contribution in [0.25, 0.3) is 10.9 Å². The molecule has 0 bridgehead atoms. The molecule has 8 nitrogen and oxygen atoms in total. The molecule has 0 amide bonds. The van der Waals surface area contributed by atoms with Crippen LogP contribution in [0.5, 0.6) is 0 Å². The fourth-order valence-electron chi connectivity index (χ4n) is 4.39. The Hall–Kier alpha value is -2.36. The highest BCUT2D eigenvalue weighted by Crippen LogP contribution is 2.35. The zero-order valence-electron chi connectivity index (χ0n) is 17.1. The van der Waals surface area contributed by atoms with Gasteiger partial charge in [-0.15, -0.1) is 10.2 Å². The molecule has 2 aliphatic rings. The number of ether oxygens (including phenoxy) is 1. The molecular weight excluding hydrogens is 400 g/mol. The third-order valence-electron chi connectivity index (χ3n) is 5.97. The molecule has 0 saturated carbocycles. The molecule has 158 valence electrons. The van der Waals surface area contributed by atoms with Crippen molar-refractivity contribution in [1.29, 1.82) is 0 Å². The lowest BCUT2D eigenvalue weighted by Crippen LogP contribution is -2.38. The monoisotopic (exact) mass is 426 g/mol. The third-order valence-corrected chi connectivity index (χ3v) is 6.88. The molecule has 1 N–H and O–H groups in total. The van der Waals surface area contributed by atoms with E-state index in [0.717, 1.165) is 74.0 Å². The molecule has 0 spiro atoms. The van der Waals surface area contributed by atoms with Crippen molar-refractivity contribution in [3.8, 4) is 0 Å². The molecule has 2 aliphatic heterocycles. The molecule has 2 saturated heterocycles. The standard InChI is InChI=1S/C21H26N6O2S/c1-14-24-25-21(30-14)19(28)15-3-2-6-27(12-15)20-17-5-4-16(11-18(17)22-13-23-20)26-7-9-29-10-8-26/h4-5,11,13,15,19,28H,2-3,6-10,12H2,1H3. The quantitative estimate of drug-likeness (QED) is 0.681. The molecule has 2 unspecified atom stereocenters. The number of benzene rings is 1. The maximum absolute atomic E-state index is 10.8. The highest BCUT2D eigenvalue weighted by Gasteiger charge is 2.30. The van der Waals surface area contributed by atoms with Gasteiger partial charge < -0.3 is 19.6 Å². The summed E-state index contributed by atoms with van der Waals surface area (Å²) in [6.07, 6.45) is 3.05. The lowest BCUT2D eigenvalue weighted by atomic mass is 9.92. The van der Waals surface area contributed by atoms with E-state index in [-0.39, 0.29) is 5.92 Å². The summed E-state index contributed by atoms with van der Waals surface area (Å²) in [6.45, 7) is 6.92. The Morgan fingerprint density at radius 1 is 1.13 bits per heavy atom. The number of anilines is 2. The summed E-state index contributed by atoms with van der Waals surface area (Å²) in [5, 5.41) is 21.7. The Morgan fingerprint density at radius 3 is 2.80 bits per heavy atom. The van der Waals surface area contributed by atoms with E-state index in [0.29, 0.717) is 5.01 Å². The van der Waals surface area contributed by atoms with Gasteiger partial charge in [0, 0.05) is 43.2 Å². The summed E-state index contributed by atoms with van der Waals surface area (Å²) in [6, 6.07) is 6.43. The molecule has 0 aliphatic carbocycles. The largest absolute Gasteiger partial charge is 0.385 e. The number of hydrogen-bond donors (Lipinski definition) is 1. The first kappa shape index (κ1) is 19.6. The predicted molar refractivity (Wildman–Crippen MR) is 117 cm³/mol. The second-order valence-electron chi connectivity index (χ2n) is 7.95. The zero-order chi connectivity index (χ0) is 20.5. The zero-order valence-corrected chi connectivity index (χ0v) is 17.9. The average molecular weight is 427 g/mol. The van der Waals surface area contributed by atoms with Gasteiger partial charge in [0.2, 0.25) is 0 Å². The van der Waals surface area contributed by atoms with E-state index in [4.69, 9.17) is 4.74 Å². The van der Waals surface area contributed by atoms with Gasteiger partial charge in [-0.05, 0) is 38.0 Å². The first-order valence-corrected chi connectivity index (χ1v) is 11.3. The Labute approximate surface area is 179 Å². The van der Waals surface area contributed by atoms with Crippen molar-refractivity contribution in [2.24, 2.45) is 5.92 Å². The van der Waals surface area contributed by atoms with Gasteiger partial charge in [-0.25, -0.2) is 9.97 Å². The van der Waals surface area contributed by atoms with Crippen molar-refractivity contribution in [2.45, 2.75) is 25.9 Å². The van der Waals surface area contributed by atoms with Crippen LogP contribution in [-0.4, -0.2) is 64.7 Å². The van der Waals surface area contributed by atoms with Crippen LogP contribution in [0.3, 0.4) is 0 Å². The van der Waals surface area contributed by atoms with Crippen LogP contribution < -0.4 is 9.80 Å². The Bertz CT molecular complexity index is 1020. The second kappa shape index (κ2) is 8.41. The number of aromatic nitrogens is 4. The minimum Gasteiger partial charge on any atom is -0.385 e. The predicted octanol–water partition coefficient (Wildman–Crippen LogP) is 2.58. The van der Waals surface area contributed by atoms with E-state index in [2.05, 4.69) is 48.2 Å². The van der Waals surface area contributed by atoms with Crippen LogP contribution in [0.1, 0.15) is 29.0 Å². The van der Waals surface area contributed by atoms with Crippen LogP contribution in [-0.2, 0) is 4.74 Å². The summed E-state index contributed by atoms with van der Waals surface area (Å²) in [5.41, 5.74) is 2.13. The minimum absolute atomic E-state index is 0.115. The molecule has 3 aromatic rings. The van der Waals surface area contributed by atoms with Crippen molar-refractivity contribution in [3.63, 3.8) is 0 Å². The first-order chi connectivity index (χ1) is 14.7. The maximum atomic E-state index is 10.8. The topological polar surface area (TPSA) is 87.5 Å². The van der Waals surface area contributed by atoms with E-state index in [1.807, 2.05) is 6.92 Å². The van der Waals surface area contributed by atoms with E-state index >= 15 is 0 Å². The van der Waals surface area contributed by atoms with Crippen LogP contribution >= 0.6 is 11.3 Å². The number of piperidine rings is 1. The van der Waals surface area contributed by atoms with Crippen molar-refractivity contribution in [1.82, 2.24) is 20.2 Å². The normalized spacial score (nSPS) is 21.2. The molecule has 30 heavy (non-hydrogen) atoms. The fourth-order valence-corrected chi connectivity index (χ4v) is 5.17.